The van der Waals surface area contributed by atoms with Crippen molar-refractivity contribution >= 4 is 33.5 Å². The molecule has 0 spiro atoms. The molecule has 2 aromatic rings. The lowest BCUT2D eigenvalue weighted by Gasteiger charge is -2.24. The summed E-state index contributed by atoms with van der Waals surface area (Å²) in [7, 11) is -1.49. The molecule has 2 aromatic carbocycles. The maximum Gasteiger partial charge on any atom is 0.325 e. The van der Waals surface area contributed by atoms with Gasteiger partial charge in [0.2, 0.25) is 15.9 Å². The molecule has 0 saturated carbocycles. The summed E-state index contributed by atoms with van der Waals surface area (Å²) in [5, 5.41) is 9.37. The van der Waals surface area contributed by atoms with E-state index in [1.807, 2.05) is 6.07 Å². The Morgan fingerprint density at radius 2 is 1.67 bits per heavy atom. The Kier molecular flexibility index (Phi) is 7.94. The Hall–Kier alpha value is -2.93. The Morgan fingerprint density at radius 3 is 2.20 bits per heavy atom. The fourth-order valence-electron chi connectivity index (χ4n) is 2.52. The van der Waals surface area contributed by atoms with Crippen molar-refractivity contribution in [1.29, 1.82) is 5.26 Å². The van der Waals surface area contributed by atoms with E-state index < -0.39 is 28.4 Å². The van der Waals surface area contributed by atoms with E-state index in [0.29, 0.717) is 16.1 Å². The highest BCUT2D eigenvalue weighted by atomic mass is 35.5. The Balaban J connectivity index is 2.18. The predicted octanol–water partition coefficient (Wildman–Crippen LogP) is 2.03. The van der Waals surface area contributed by atoms with E-state index in [2.05, 4.69) is 4.74 Å². The van der Waals surface area contributed by atoms with Crippen LogP contribution in [-0.2, 0) is 30.9 Å². The number of amides is 1. The minimum Gasteiger partial charge on any atom is -0.468 e. The van der Waals surface area contributed by atoms with E-state index in [9.17, 15) is 18.0 Å². The van der Waals surface area contributed by atoms with Gasteiger partial charge >= 0.3 is 5.97 Å². The summed E-state index contributed by atoms with van der Waals surface area (Å²) < 4.78 is 31.0. The van der Waals surface area contributed by atoms with E-state index in [1.54, 1.807) is 24.3 Å². The molecule has 0 aliphatic rings. The van der Waals surface area contributed by atoms with Gasteiger partial charge < -0.3 is 9.64 Å². The highest BCUT2D eigenvalue weighted by Gasteiger charge is 2.26. The maximum atomic E-state index is 12.8. The van der Waals surface area contributed by atoms with Crippen LogP contribution in [0.3, 0.4) is 0 Å². The van der Waals surface area contributed by atoms with Crippen LogP contribution in [0.2, 0.25) is 5.02 Å². The third-order valence-corrected chi connectivity index (χ3v) is 6.31. The van der Waals surface area contributed by atoms with Gasteiger partial charge in [-0.15, -0.1) is 0 Å². The van der Waals surface area contributed by atoms with Gasteiger partial charge in [-0.3, -0.25) is 9.59 Å². The number of carbonyl (C=O) groups is 2. The molecule has 8 nitrogen and oxygen atoms in total. The largest absolute Gasteiger partial charge is 0.468 e. The fourth-order valence-corrected chi connectivity index (χ4v) is 3.77. The molecule has 0 bridgehead atoms. The SMILES string of the molecule is COC(=O)CN(Cc1ccc(Cl)cc1)C(=O)CN(C)S(=O)(=O)c1ccc(C#N)cc1. The molecule has 0 atom stereocenters. The second-order valence-electron chi connectivity index (χ2n) is 6.35. The normalized spacial score (nSPS) is 11.0. The number of likely N-dealkylation sites (N-methyl/N-ethyl adjacent to an activating group) is 1. The summed E-state index contributed by atoms with van der Waals surface area (Å²) >= 11 is 5.87. The standard InChI is InChI=1S/C20H20ClN3O5S/c1-23(30(27,28)18-9-5-15(11-22)6-10-18)13-19(25)24(14-20(26)29-2)12-16-3-7-17(21)8-4-16/h3-10H,12-14H2,1-2H3. The molecular formula is C20H20ClN3O5S. The van der Waals surface area contributed by atoms with Gasteiger partial charge in [0.15, 0.2) is 0 Å². The lowest BCUT2D eigenvalue weighted by Crippen LogP contribution is -2.43. The van der Waals surface area contributed by atoms with Crippen molar-refractivity contribution < 1.29 is 22.7 Å². The number of carbonyl (C=O) groups excluding carboxylic acids is 2. The van der Waals surface area contributed by atoms with Crippen LogP contribution in [0.15, 0.2) is 53.4 Å². The third kappa shape index (κ3) is 6.03. The lowest BCUT2D eigenvalue weighted by molar-refractivity contribution is -0.147. The average Bonchev–Trinajstić information content (AvgIpc) is 2.74. The van der Waals surface area contributed by atoms with Crippen LogP contribution in [0.4, 0.5) is 0 Å². The van der Waals surface area contributed by atoms with Gasteiger partial charge in [-0.2, -0.15) is 9.57 Å². The molecule has 0 radical (unpaired) electrons. The summed E-state index contributed by atoms with van der Waals surface area (Å²) in [6, 6.07) is 14.0. The molecule has 2 rings (SSSR count). The van der Waals surface area contributed by atoms with Crippen molar-refractivity contribution in [2.45, 2.75) is 11.4 Å². The summed E-state index contributed by atoms with van der Waals surface area (Å²) in [6.07, 6.45) is 0. The topological polar surface area (TPSA) is 108 Å². The highest BCUT2D eigenvalue weighted by Crippen LogP contribution is 2.16. The first-order chi connectivity index (χ1) is 14.2. The highest BCUT2D eigenvalue weighted by molar-refractivity contribution is 7.89. The molecule has 0 aliphatic heterocycles. The fraction of sp³-hybridized carbons (Fsp3) is 0.250. The zero-order chi connectivity index (χ0) is 22.3. The molecular weight excluding hydrogens is 430 g/mol. The summed E-state index contributed by atoms with van der Waals surface area (Å²) in [4.78, 5) is 25.7. The second kappa shape index (κ2) is 10.2. The molecule has 0 saturated heterocycles. The van der Waals surface area contributed by atoms with Crippen molar-refractivity contribution in [2.75, 3.05) is 27.2 Å². The van der Waals surface area contributed by atoms with Gasteiger partial charge in [0.25, 0.3) is 0 Å². The van der Waals surface area contributed by atoms with Crippen LogP contribution in [0.1, 0.15) is 11.1 Å². The minimum absolute atomic E-state index is 0.0472. The van der Waals surface area contributed by atoms with Crippen LogP contribution in [0, 0.1) is 11.3 Å². The van der Waals surface area contributed by atoms with Gasteiger partial charge in [0.1, 0.15) is 6.54 Å². The molecule has 30 heavy (non-hydrogen) atoms. The Morgan fingerprint density at radius 1 is 1.07 bits per heavy atom. The van der Waals surface area contributed by atoms with Crippen molar-refractivity contribution in [1.82, 2.24) is 9.21 Å². The van der Waals surface area contributed by atoms with E-state index >= 15 is 0 Å². The molecule has 0 heterocycles. The predicted molar refractivity (Wildman–Crippen MR) is 110 cm³/mol. The summed E-state index contributed by atoms with van der Waals surface area (Å²) in [5.41, 5.74) is 1.04. The van der Waals surface area contributed by atoms with Crippen LogP contribution < -0.4 is 0 Å². The first-order valence-electron chi connectivity index (χ1n) is 8.73. The summed E-state index contributed by atoms with van der Waals surface area (Å²) in [6.45, 7) is -0.731. The van der Waals surface area contributed by atoms with Gasteiger partial charge in [0, 0.05) is 18.6 Å². The number of nitriles is 1. The second-order valence-corrected chi connectivity index (χ2v) is 8.83. The Bertz CT molecular complexity index is 1050. The average molecular weight is 450 g/mol. The first-order valence-corrected chi connectivity index (χ1v) is 10.5. The van der Waals surface area contributed by atoms with E-state index in [-0.39, 0.29) is 18.0 Å². The first kappa shape index (κ1) is 23.3. The number of sulfonamides is 1. The quantitative estimate of drug-likeness (QED) is 0.570. The van der Waals surface area contributed by atoms with Crippen molar-refractivity contribution in [3.05, 3.63) is 64.7 Å². The van der Waals surface area contributed by atoms with Crippen molar-refractivity contribution in [2.24, 2.45) is 0 Å². The van der Waals surface area contributed by atoms with Crippen LogP contribution in [-0.4, -0.2) is 56.7 Å². The van der Waals surface area contributed by atoms with Crippen LogP contribution in [0.25, 0.3) is 0 Å². The molecule has 1 amide bonds. The molecule has 158 valence electrons. The number of methoxy groups -OCH3 is 1. The minimum atomic E-state index is -3.96. The van der Waals surface area contributed by atoms with E-state index in [1.165, 1.54) is 43.3 Å². The van der Waals surface area contributed by atoms with Gasteiger partial charge in [-0.25, -0.2) is 8.42 Å². The molecule has 0 N–H and O–H groups in total. The molecule has 10 heteroatoms. The van der Waals surface area contributed by atoms with Crippen LogP contribution in [0.5, 0.6) is 0 Å². The molecule has 0 fully saturated rings. The smallest absolute Gasteiger partial charge is 0.325 e. The molecule has 0 aromatic heterocycles. The van der Waals surface area contributed by atoms with Crippen LogP contribution >= 0.6 is 11.6 Å². The zero-order valence-corrected chi connectivity index (χ0v) is 18.0. The number of hydrogen-bond donors (Lipinski definition) is 0. The number of esters is 1. The number of hydrogen-bond acceptors (Lipinski definition) is 6. The summed E-state index contributed by atoms with van der Waals surface area (Å²) in [5.74, 6) is -1.20. The van der Waals surface area contributed by atoms with E-state index in [4.69, 9.17) is 16.9 Å². The number of rotatable bonds is 8. The van der Waals surface area contributed by atoms with Gasteiger partial charge in [0.05, 0.1) is 30.2 Å². The number of benzene rings is 2. The lowest BCUT2D eigenvalue weighted by atomic mass is 10.2. The number of nitrogens with zero attached hydrogens (tertiary/aromatic N) is 3. The number of ether oxygens (including phenoxy) is 1. The maximum absolute atomic E-state index is 12.8. The zero-order valence-electron chi connectivity index (χ0n) is 16.4. The van der Waals surface area contributed by atoms with Gasteiger partial charge in [-0.05, 0) is 42.0 Å². The third-order valence-electron chi connectivity index (χ3n) is 4.24. The number of halogens is 1. The molecule has 0 aliphatic carbocycles. The van der Waals surface area contributed by atoms with Crippen molar-refractivity contribution in [3.63, 3.8) is 0 Å². The van der Waals surface area contributed by atoms with E-state index in [0.717, 1.165) is 4.31 Å². The molecule has 0 unspecified atom stereocenters. The van der Waals surface area contributed by atoms with Crippen molar-refractivity contribution in [3.8, 4) is 6.07 Å². The monoisotopic (exact) mass is 449 g/mol. The van der Waals surface area contributed by atoms with Gasteiger partial charge in [-0.1, -0.05) is 23.7 Å². The Labute approximate surface area is 180 Å².